The lowest BCUT2D eigenvalue weighted by Crippen LogP contribution is -2.48. The van der Waals surface area contributed by atoms with Gasteiger partial charge >= 0.3 is 5.97 Å². The van der Waals surface area contributed by atoms with Crippen LogP contribution in [0.3, 0.4) is 0 Å². The first kappa shape index (κ1) is 13.9. The molecule has 7 heteroatoms. The molecule has 0 saturated carbocycles. The van der Waals surface area contributed by atoms with Gasteiger partial charge < -0.3 is 10.0 Å². The molecule has 1 amide bonds. The number of hydrogen-bond donors (Lipinski definition) is 1. The molecule has 1 N–H and O–H groups in total. The van der Waals surface area contributed by atoms with Crippen LogP contribution < -0.4 is 0 Å². The summed E-state index contributed by atoms with van der Waals surface area (Å²) in [6.45, 7) is 3.70. The van der Waals surface area contributed by atoms with Gasteiger partial charge in [-0.05, 0) is 19.4 Å². The van der Waals surface area contributed by atoms with Crippen molar-refractivity contribution in [1.29, 1.82) is 0 Å². The van der Waals surface area contributed by atoms with Crippen LogP contribution in [-0.4, -0.2) is 48.8 Å². The van der Waals surface area contributed by atoms with Crippen molar-refractivity contribution in [2.45, 2.75) is 37.7 Å². The Morgan fingerprint density at radius 1 is 1.58 bits per heavy atom. The van der Waals surface area contributed by atoms with E-state index in [4.69, 9.17) is 0 Å². The summed E-state index contributed by atoms with van der Waals surface area (Å²) in [5.41, 5.74) is 0. The minimum Gasteiger partial charge on any atom is -0.480 e. The summed E-state index contributed by atoms with van der Waals surface area (Å²) in [4.78, 5) is 25.3. The van der Waals surface area contributed by atoms with E-state index in [-0.39, 0.29) is 11.3 Å². The first-order chi connectivity index (χ1) is 9.06. The van der Waals surface area contributed by atoms with E-state index in [2.05, 4.69) is 5.10 Å². The Balaban J connectivity index is 2.21. The Morgan fingerprint density at radius 2 is 2.32 bits per heavy atom. The molecule has 2 heterocycles. The summed E-state index contributed by atoms with van der Waals surface area (Å²) >= 11 is 1.52. The number of rotatable bonds is 4. The molecule has 1 aromatic rings. The van der Waals surface area contributed by atoms with Crippen molar-refractivity contribution in [3.05, 3.63) is 18.5 Å². The number of hydrogen-bond acceptors (Lipinski definition) is 4. The maximum Gasteiger partial charge on any atom is 0.327 e. The van der Waals surface area contributed by atoms with Crippen LogP contribution in [0, 0.1) is 0 Å². The molecule has 1 fully saturated rings. The summed E-state index contributed by atoms with van der Waals surface area (Å²) in [7, 11) is 0. The predicted molar refractivity (Wildman–Crippen MR) is 71.7 cm³/mol. The highest BCUT2D eigenvalue weighted by Gasteiger charge is 2.42. The number of carbonyl (C=O) groups is 2. The lowest BCUT2D eigenvalue weighted by atomic mass is 10.2. The molecule has 0 radical (unpaired) electrons. The molecule has 19 heavy (non-hydrogen) atoms. The van der Waals surface area contributed by atoms with Crippen LogP contribution in [0.2, 0.25) is 0 Å². The summed E-state index contributed by atoms with van der Waals surface area (Å²) < 4.78 is 1.55. The van der Waals surface area contributed by atoms with Crippen molar-refractivity contribution in [1.82, 2.24) is 14.7 Å². The first-order valence-electron chi connectivity index (χ1n) is 6.22. The molecule has 1 aliphatic heterocycles. The Bertz CT molecular complexity index is 463. The van der Waals surface area contributed by atoms with Gasteiger partial charge in [0.15, 0.2) is 0 Å². The minimum absolute atomic E-state index is 0.0633. The van der Waals surface area contributed by atoms with Gasteiger partial charge in [0.1, 0.15) is 12.1 Å². The fourth-order valence-electron chi connectivity index (χ4n) is 2.20. The molecular weight excluding hydrogens is 266 g/mol. The number of amides is 1. The van der Waals surface area contributed by atoms with E-state index in [0.717, 1.165) is 6.42 Å². The molecule has 3 atom stereocenters. The number of carbonyl (C=O) groups excluding carboxylic acids is 1. The van der Waals surface area contributed by atoms with Crippen molar-refractivity contribution in [3.8, 4) is 0 Å². The Labute approximate surface area is 115 Å². The molecule has 3 unspecified atom stereocenters. The van der Waals surface area contributed by atoms with Crippen molar-refractivity contribution in [3.63, 3.8) is 0 Å². The highest BCUT2D eigenvalue weighted by Crippen LogP contribution is 2.33. The third-order valence-electron chi connectivity index (χ3n) is 3.26. The largest absolute Gasteiger partial charge is 0.480 e. The molecule has 0 bridgehead atoms. The van der Waals surface area contributed by atoms with Crippen LogP contribution in [-0.2, 0) is 9.59 Å². The van der Waals surface area contributed by atoms with Gasteiger partial charge in [0.25, 0.3) is 0 Å². The number of aromatic nitrogens is 2. The maximum absolute atomic E-state index is 12.5. The normalized spacial score (nSPS) is 24.4. The van der Waals surface area contributed by atoms with E-state index in [1.54, 1.807) is 30.1 Å². The van der Waals surface area contributed by atoms with E-state index in [1.807, 2.05) is 6.92 Å². The SMILES string of the molecule is CCC1SCC(C(=O)O)N1C(=O)C(C)n1cccn1. The van der Waals surface area contributed by atoms with Crippen molar-refractivity contribution in [2.24, 2.45) is 0 Å². The van der Waals surface area contributed by atoms with Gasteiger partial charge in [0.2, 0.25) is 5.91 Å². The van der Waals surface area contributed by atoms with Crippen LogP contribution in [0.15, 0.2) is 18.5 Å². The molecule has 1 aliphatic rings. The van der Waals surface area contributed by atoms with Crippen molar-refractivity contribution in [2.75, 3.05) is 5.75 Å². The molecule has 0 spiro atoms. The van der Waals surface area contributed by atoms with Crippen LogP contribution in [0.5, 0.6) is 0 Å². The molecular formula is C12H17N3O3S. The first-order valence-corrected chi connectivity index (χ1v) is 7.26. The van der Waals surface area contributed by atoms with Gasteiger partial charge in [-0.3, -0.25) is 9.48 Å². The van der Waals surface area contributed by atoms with Crippen LogP contribution >= 0.6 is 11.8 Å². The van der Waals surface area contributed by atoms with E-state index in [1.165, 1.54) is 16.7 Å². The number of nitrogens with zero attached hydrogens (tertiary/aromatic N) is 3. The number of aliphatic carboxylic acids is 1. The minimum atomic E-state index is -0.940. The maximum atomic E-state index is 12.5. The lowest BCUT2D eigenvalue weighted by Gasteiger charge is -2.29. The van der Waals surface area contributed by atoms with E-state index in [0.29, 0.717) is 5.75 Å². The third kappa shape index (κ3) is 2.60. The van der Waals surface area contributed by atoms with Crippen molar-refractivity contribution >= 4 is 23.6 Å². The molecule has 1 saturated heterocycles. The molecule has 1 aromatic heterocycles. The fraction of sp³-hybridized carbons (Fsp3) is 0.583. The topological polar surface area (TPSA) is 75.4 Å². The Kier molecular flexibility index (Phi) is 4.14. The zero-order valence-electron chi connectivity index (χ0n) is 10.9. The van der Waals surface area contributed by atoms with Gasteiger partial charge in [-0.25, -0.2) is 4.79 Å². The van der Waals surface area contributed by atoms with Crippen LogP contribution in [0.25, 0.3) is 0 Å². The summed E-state index contributed by atoms with van der Waals surface area (Å²) in [6, 6.07) is 0.527. The zero-order valence-corrected chi connectivity index (χ0v) is 11.7. The van der Waals surface area contributed by atoms with Gasteiger partial charge in [-0.1, -0.05) is 6.92 Å². The van der Waals surface area contributed by atoms with E-state index < -0.39 is 18.1 Å². The molecule has 0 aliphatic carbocycles. The quantitative estimate of drug-likeness (QED) is 0.899. The second-order valence-electron chi connectivity index (χ2n) is 4.46. The number of carboxylic acids is 1. The average molecular weight is 283 g/mol. The molecule has 6 nitrogen and oxygen atoms in total. The van der Waals surface area contributed by atoms with Crippen molar-refractivity contribution < 1.29 is 14.7 Å². The highest BCUT2D eigenvalue weighted by molar-refractivity contribution is 8.00. The molecule has 2 rings (SSSR count). The third-order valence-corrected chi connectivity index (χ3v) is 4.71. The number of thioether (sulfide) groups is 1. The van der Waals surface area contributed by atoms with Crippen LogP contribution in [0.4, 0.5) is 0 Å². The standard InChI is InChI=1S/C12H17N3O3S/c1-3-10-15(9(7-19-10)12(17)18)11(16)8(2)14-6-4-5-13-14/h4-6,8-10H,3,7H2,1-2H3,(H,17,18). The molecule has 0 aromatic carbocycles. The summed E-state index contributed by atoms with van der Waals surface area (Å²) in [5.74, 6) is -0.678. The zero-order chi connectivity index (χ0) is 14.0. The number of carboxylic acid groups (broad SMARTS) is 1. The Hall–Kier alpha value is -1.50. The summed E-state index contributed by atoms with van der Waals surface area (Å²) in [6.07, 6.45) is 4.06. The lowest BCUT2D eigenvalue weighted by molar-refractivity contribution is -0.150. The van der Waals surface area contributed by atoms with Gasteiger partial charge in [0, 0.05) is 18.1 Å². The van der Waals surface area contributed by atoms with Gasteiger partial charge in [-0.2, -0.15) is 5.10 Å². The second kappa shape index (κ2) is 5.64. The molecule has 104 valence electrons. The van der Waals surface area contributed by atoms with Crippen LogP contribution in [0.1, 0.15) is 26.3 Å². The predicted octanol–water partition coefficient (Wildman–Crippen LogP) is 1.21. The van der Waals surface area contributed by atoms with Gasteiger partial charge in [-0.15, -0.1) is 11.8 Å². The second-order valence-corrected chi connectivity index (χ2v) is 5.67. The monoisotopic (exact) mass is 283 g/mol. The summed E-state index contributed by atoms with van der Waals surface area (Å²) in [5, 5.41) is 13.2. The smallest absolute Gasteiger partial charge is 0.327 e. The van der Waals surface area contributed by atoms with E-state index in [9.17, 15) is 14.7 Å². The fourth-order valence-corrected chi connectivity index (χ4v) is 3.56. The van der Waals surface area contributed by atoms with E-state index >= 15 is 0 Å². The average Bonchev–Trinajstić information content (AvgIpc) is 3.05. The Morgan fingerprint density at radius 3 is 2.84 bits per heavy atom. The van der Waals surface area contributed by atoms with Gasteiger partial charge in [0.05, 0.1) is 5.37 Å². The highest BCUT2D eigenvalue weighted by atomic mass is 32.2.